The molecule has 2 aliphatic rings. The summed E-state index contributed by atoms with van der Waals surface area (Å²) in [5.41, 5.74) is 3.88. The SMILES string of the molecule is Cc1cccc(CC(=O)N=C2SC3CS(=O)(=O)CC3N2c2ccc(OCc3ccccc3)cc2)c1. The van der Waals surface area contributed by atoms with E-state index in [1.165, 1.54) is 11.8 Å². The molecule has 6 nitrogen and oxygen atoms in total. The van der Waals surface area contributed by atoms with Crippen LogP contribution in [0.25, 0.3) is 0 Å². The minimum absolute atomic E-state index is 0.0576. The molecule has 2 fully saturated rings. The predicted molar refractivity (Wildman–Crippen MR) is 141 cm³/mol. The first-order valence-electron chi connectivity index (χ1n) is 11.5. The molecule has 0 N–H and O–H groups in total. The van der Waals surface area contributed by atoms with Crippen LogP contribution in [0.3, 0.4) is 0 Å². The van der Waals surface area contributed by atoms with Gasteiger partial charge in [0.25, 0.3) is 5.91 Å². The lowest BCUT2D eigenvalue weighted by Crippen LogP contribution is -2.37. The molecule has 8 heteroatoms. The third-order valence-electron chi connectivity index (χ3n) is 6.09. The summed E-state index contributed by atoms with van der Waals surface area (Å²) in [5.74, 6) is 0.632. The standard InChI is InChI=1S/C27H26N2O4S2/c1-19-6-5-9-21(14-19)15-26(30)28-27-29(24-17-35(31,32)18-25(24)34-27)22-10-12-23(13-11-22)33-16-20-7-3-2-4-8-20/h2-14,24-25H,15-18H2,1H3. The van der Waals surface area contributed by atoms with Crippen molar-refractivity contribution in [3.05, 3.63) is 95.6 Å². The summed E-state index contributed by atoms with van der Waals surface area (Å²) in [5, 5.41) is 0.421. The first-order valence-corrected chi connectivity index (χ1v) is 14.2. The third-order valence-corrected chi connectivity index (χ3v) is 9.30. The van der Waals surface area contributed by atoms with Crippen LogP contribution in [-0.2, 0) is 27.7 Å². The number of hydrogen-bond donors (Lipinski definition) is 0. The summed E-state index contributed by atoms with van der Waals surface area (Å²) in [6, 6.07) is 25.0. The molecule has 2 unspecified atom stereocenters. The molecule has 2 atom stereocenters. The molecule has 2 aliphatic heterocycles. The zero-order valence-electron chi connectivity index (χ0n) is 19.3. The van der Waals surface area contributed by atoms with Crippen molar-refractivity contribution < 1.29 is 17.9 Å². The van der Waals surface area contributed by atoms with Gasteiger partial charge < -0.3 is 9.64 Å². The fraction of sp³-hybridized carbons (Fsp3) is 0.259. The van der Waals surface area contributed by atoms with E-state index in [9.17, 15) is 13.2 Å². The van der Waals surface area contributed by atoms with Gasteiger partial charge in [-0.3, -0.25) is 4.79 Å². The largest absolute Gasteiger partial charge is 0.489 e. The minimum atomic E-state index is -3.13. The molecule has 3 aromatic carbocycles. The van der Waals surface area contributed by atoms with Crippen molar-refractivity contribution in [3.63, 3.8) is 0 Å². The molecular weight excluding hydrogens is 480 g/mol. The van der Waals surface area contributed by atoms with Crippen LogP contribution in [0.4, 0.5) is 5.69 Å². The van der Waals surface area contributed by atoms with Crippen molar-refractivity contribution >= 4 is 38.4 Å². The Bertz CT molecular complexity index is 1360. The third kappa shape index (κ3) is 5.60. The molecule has 1 amide bonds. The Morgan fingerprint density at radius 1 is 1.00 bits per heavy atom. The normalized spacial score (nSPS) is 21.7. The molecule has 0 bridgehead atoms. The highest BCUT2D eigenvalue weighted by Crippen LogP contribution is 2.41. The highest BCUT2D eigenvalue weighted by Gasteiger charge is 2.49. The van der Waals surface area contributed by atoms with Crippen molar-refractivity contribution in [2.75, 3.05) is 16.4 Å². The van der Waals surface area contributed by atoms with E-state index in [4.69, 9.17) is 4.74 Å². The number of aliphatic imine (C=N–C) groups is 1. The van der Waals surface area contributed by atoms with Gasteiger partial charge >= 0.3 is 0 Å². The van der Waals surface area contributed by atoms with Crippen molar-refractivity contribution in [3.8, 4) is 5.75 Å². The highest BCUT2D eigenvalue weighted by atomic mass is 32.2. The zero-order valence-corrected chi connectivity index (χ0v) is 21.0. The number of hydrogen-bond acceptors (Lipinski definition) is 5. The number of sulfone groups is 1. The van der Waals surface area contributed by atoms with Crippen LogP contribution >= 0.6 is 11.8 Å². The molecule has 0 radical (unpaired) electrons. The zero-order chi connectivity index (χ0) is 24.4. The number of benzene rings is 3. The van der Waals surface area contributed by atoms with E-state index in [2.05, 4.69) is 4.99 Å². The lowest BCUT2D eigenvalue weighted by Gasteiger charge is -2.24. The Hall–Kier alpha value is -3.10. The summed E-state index contributed by atoms with van der Waals surface area (Å²) < 4.78 is 30.6. The Kier molecular flexibility index (Phi) is 6.67. The van der Waals surface area contributed by atoms with Crippen LogP contribution in [0.15, 0.2) is 83.9 Å². The van der Waals surface area contributed by atoms with Gasteiger partial charge in [0, 0.05) is 10.9 Å². The van der Waals surface area contributed by atoms with Crippen LogP contribution in [0, 0.1) is 6.92 Å². The number of fused-ring (bicyclic) bond motifs is 1. The molecular formula is C27H26N2O4S2. The number of amides is 1. The van der Waals surface area contributed by atoms with Gasteiger partial charge in [0.05, 0.1) is 24.0 Å². The molecule has 35 heavy (non-hydrogen) atoms. The maximum atomic E-state index is 12.8. The van der Waals surface area contributed by atoms with E-state index < -0.39 is 9.84 Å². The molecule has 0 spiro atoms. The number of amidine groups is 1. The van der Waals surface area contributed by atoms with Crippen molar-refractivity contribution in [1.29, 1.82) is 0 Å². The van der Waals surface area contributed by atoms with E-state index in [0.717, 1.165) is 22.4 Å². The number of carbonyl (C=O) groups is 1. The number of ether oxygens (including phenoxy) is 1. The molecule has 0 aromatic heterocycles. The van der Waals surface area contributed by atoms with Crippen molar-refractivity contribution in [2.45, 2.75) is 31.2 Å². The van der Waals surface area contributed by atoms with Gasteiger partial charge in [0.15, 0.2) is 15.0 Å². The van der Waals surface area contributed by atoms with Crippen LogP contribution in [-0.4, -0.2) is 42.3 Å². The number of nitrogens with zero attached hydrogens (tertiary/aromatic N) is 2. The molecule has 0 saturated carbocycles. The maximum absolute atomic E-state index is 12.8. The Morgan fingerprint density at radius 3 is 2.49 bits per heavy atom. The summed E-state index contributed by atoms with van der Waals surface area (Å²) in [7, 11) is -3.13. The summed E-state index contributed by atoms with van der Waals surface area (Å²) in [6.07, 6.45) is 0.208. The van der Waals surface area contributed by atoms with E-state index in [1.54, 1.807) is 0 Å². The van der Waals surface area contributed by atoms with E-state index in [0.29, 0.717) is 17.5 Å². The maximum Gasteiger partial charge on any atom is 0.252 e. The lowest BCUT2D eigenvalue weighted by molar-refractivity contribution is -0.117. The lowest BCUT2D eigenvalue weighted by atomic mass is 10.1. The Morgan fingerprint density at radius 2 is 1.74 bits per heavy atom. The van der Waals surface area contributed by atoms with Crippen LogP contribution in [0.2, 0.25) is 0 Å². The topological polar surface area (TPSA) is 76.0 Å². The van der Waals surface area contributed by atoms with Crippen molar-refractivity contribution in [1.82, 2.24) is 0 Å². The van der Waals surface area contributed by atoms with Gasteiger partial charge in [-0.05, 0) is 42.3 Å². The van der Waals surface area contributed by atoms with Gasteiger partial charge in [0.1, 0.15) is 12.4 Å². The summed E-state index contributed by atoms with van der Waals surface area (Å²) in [4.78, 5) is 19.2. The number of anilines is 1. The summed E-state index contributed by atoms with van der Waals surface area (Å²) >= 11 is 1.38. The van der Waals surface area contributed by atoms with Gasteiger partial charge in [-0.15, -0.1) is 0 Å². The second-order valence-corrected chi connectivity index (χ2v) is 12.3. The molecule has 5 rings (SSSR count). The van der Waals surface area contributed by atoms with Crippen LogP contribution in [0.5, 0.6) is 5.75 Å². The fourth-order valence-electron chi connectivity index (χ4n) is 4.45. The van der Waals surface area contributed by atoms with Crippen LogP contribution in [0.1, 0.15) is 16.7 Å². The molecule has 2 saturated heterocycles. The first kappa shape index (κ1) is 23.6. The van der Waals surface area contributed by atoms with Gasteiger partial charge in [-0.2, -0.15) is 4.99 Å². The second kappa shape index (κ2) is 9.87. The molecule has 180 valence electrons. The molecule has 2 heterocycles. The second-order valence-electron chi connectivity index (χ2n) is 8.89. The van der Waals surface area contributed by atoms with Gasteiger partial charge in [0.2, 0.25) is 0 Å². The quantitative estimate of drug-likeness (QED) is 0.493. The number of rotatable bonds is 6. The fourth-order valence-corrected chi connectivity index (χ4v) is 8.38. The first-order chi connectivity index (χ1) is 16.9. The monoisotopic (exact) mass is 506 g/mol. The Balaban J connectivity index is 1.36. The van der Waals surface area contributed by atoms with Gasteiger partial charge in [-0.1, -0.05) is 71.9 Å². The van der Waals surface area contributed by atoms with E-state index in [-0.39, 0.29) is 35.1 Å². The minimum Gasteiger partial charge on any atom is -0.489 e. The average Bonchev–Trinajstić information content (AvgIpc) is 3.29. The predicted octanol–water partition coefficient (Wildman–Crippen LogP) is 4.42. The smallest absolute Gasteiger partial charge is 0.252 e. The number of aryl methyl sites for hydroxylation is 1. The molecule has 3 aromatic rings. The van der Waals surface area contributed by atoms with Gasteiger partial charge in [-0.25, -0.2) is 8.42 Å². The molecule has 0 aliphatic carbocycles. The van der Waals surface area contributed by atoms with Crippen LogP contribution < -0.4 is 9.64 Å². The number of thioether (sulfide) groups is 1. The average molecular weight is 507 g/mol. The van der Waals surface area contributed by atoms with E-state index in [1.807, 2.05) is 90.7 Å². The Labute approximate surface area is 209 Å². The number of carbonyl (C=O) groups excluding carboxylic acids is 1. The highest BCUT2D eigenvalue weighted by molar-refractivity contribution is 8.16. The van der Waals surface area contributed by atoms with Crippen molar-refractivity contribution in [2.24, 2.45) is 4.99 Å². The summed E-state index contributed by atoms with van der Waals surface area (Å²) in [6.45, 7) is 2.45. The van der Waals surface area contributed by atoms with E-state index >= 15 is 0 Å².